The highest BCUT2D eigenvalue weighted by Crippen LogP contribution is 2.68. The molecule has 3 atom stereocenters. The van der Waals surface area contributed by atoms with Crippen molar-refractivity contribution in [2.45, 2.75) is 62.9 Å². The van der Waals surface area contributed by atoms with Gasteiger partial charge in [-0.1, -0.05) is 29.5 Å². The third-order valence-corrected chi connectivity index (χ3v) is 11.6. The van der Waals surface area contributed by atoms with Crippen molar-refractivity contribution >= 4 is 43.6 Å². The molecule has 10 nitrogen and oxygen atoms in total. The van der Waals surface area contributed by atoms with E-state index in [9.17, 15) is 31.9 Å². The minimum Gasteiger partial charge on any atom is -0.386 e. The van der Waals surface area contributed by atoms with E-state index in [4.69, 9.17) is 9.97 Å². The van der Waals surface area contributed by atoms with Crippen molar-refractivity contribution in [3.63, 3.8) is 0 Å². The quantitative estimate of drug-likeness (QED) is 0.161. The number of carbonyl (C=O) groups is 1. The van der Waals surface area contributed by atoms with Crippen LogP contribution in [0.2, 0.25) is 0 Å². The molecule has 5 heterocycles. The van der Waals surface area contributed by atoms with Crippen LogP contribution in [0.1, 0.15) is 59.2 Å². The summed E-state index contributed by atoms with van der Waals surface area (Å²) in [6.45, 7) is 3.22. The first kappa shape index (κ1) is 35.6. The summed E-state index contributed by atoms with van der Waals surface area (Å²) in [5.74, 6) is -8.69. The Morgan fingerprint density at radius 1 is 1.07 bits per heavy atom. The highest BCUT2D eigenvalue weighted by molar-refractivity contribution is 7.22. The number of benzene rings is 2. The number of alkyl halides is 5. The second-order valence-electron chi connectivity index (χ2n) is 14.9. The minimum absolute atomic E-state index is 0.109. The number of aryl methyl sites for hydroxylation is 2. The molecule has 55 heavy (non-hydrogen) atoms. The Balaban J connectivity index is 1.18. The van der Waals surface area contributed by atoms with E-state index in [0.29, 0.717) is 50.3 Å². The summed E-state index contributed by atoms with van der Waals surface area (Å²) < 4.78 is 105. The Kier molecular flexibility index (Phi) is 7.73. The molecule has 4 aromatic heterocycles. The number of nitrogens with one attached hydrogen (secondary N) is 1. The molecule has 18 heteroatoms. The predicted molar refractivity (Wildman–Crippen MR) is 188 cm³/mol. The second kappa shape index (κ2) is 11.9. The number of β-amino-alcohol motifs (C(OH)–C–C–N with tert-alkyl or cyclic N) is 1. The largest absolute Gasteiger partial charge is 0.435 e. The standard InChI is InChI=1S/C37H31F7N8O2S/c1-16-20-5-4-6-21(30(20)50(3)48-16)22-12-26-33(47-34(55-26)51-14-35(2,54)15-51)46-29(22)25(9-17-7-18(38)10-19(39)8-17)45-27(53)13-52-32-28(31(49-52)37(42,43)44)23-11-24(23)36(32,40)41/h4-8,10,12,23-25,54H,9,11,13-15H2,1-3H3,(H,45,53)/t23-,24+,25-/m0/s1. The minimum atomic E-state index is -5.03. The number of carbonyl (C=O) groups excluding carboxylic acids is 1. The van der Waals surface area contributed by atoms with Crippen molar-refractivity contribution in [2.75, 3.05) is 18.0 Å². The van der Waals surface area contributed by atoms with Crippen molar-refractivity contribution in [3.8, 4) is 11.1 Å². The fourth-order valence-corrected chi connectivity index (χ4v) is 9.22. The van der Waals surface area contributed by atoms with Gasteiger partial charge in [0.05, 0.1) is 46.3 Å². The maximum Gasteiger partial charge on any atom is 0.435 e. The molecule has 0 radical (unpaired) electrons. The van der Waals surface area contributed by atoms with Gasteiger partial charge in [0.1, 0.15) is 23.9 Å². The first-order chi connectivity index (χ1) is 25.9. The van der Waals surface area contributed by atoms with Gasteiger partial charge in [0, 0.05) is 41.1 Å². The molecule has 6 aromatic rings. The number of halogens is 7. The van der Waals surface area contributed by atoms with Gasteiger partial charge in [-0.3, -0.25) is 14.2 Å². The zero-order valence-corrected chi connectivity index (χ0v) is 30.2. The van der Waals surface area contributed by atoms with Gasteiger partial charge in [0.25, 0.3) is 5.92 Å². The summed E-state index contributed by atoms with van der Waals surface area (Å²) in [7, 11) is 1.76. The van der Waals surface area contributed by atoms with Crippen LogP contribution in [0.25, 0.3) is 32.4 Å². The summed E-state index contributed by atoms with van der Waals surface area (Å²) in [5, 5.41) is 22.6. The molecule has 0 unspecified atom stereocenters. The monoisotopic (exact) mass is 784 g/mol. The highest BCUT2D eigenvalue weighted by atomic mass is 32.1. The maximum absolute atomic E-state index is 15.4. The van der Waals surface area contributed by atoms with Crippen LogP contribution in [-0.2, 0) is 36.9 Å². The lowest BCUT2D eigenvalue weighted by atomic mass is 9.94. The van der Waals surface area contributed by atoms with Gasteiger partial charge in [0.15, 0.2) is 16.5 Å². The molecule has 1 saturated heterocycles. The third-order valence-electron chi connectivity index (χ3n) is 10.6. The number of pyridine rings is 1. The lowest BCUT2D eigenvalue weighted by Gasteiger charge is -2.43. The Bertz CT molecular complexity index is 2550. The van der Waals surface area contributed by atoms with Gasteiger partial charge in [-0.15, -0.1) is 0 Å². The van der Waals surface area contributed by atoms with E-state index in [1.165, 1.54) is 11.3 Å². The number of anilines is 1. The highest BCUT2D eigenvalue weighted by Gasteiger charge is 2.68. The molecule has 1 saturated carbocycles. The number of hydrogen-bond donors (Lipinski definition) is 2. The number of amides is 1. The van der Waals surface area contributed by atoms with Crippen molar-refractivity contribution < 1.29 is 40.6 Å². The summed E-state index contributed by atoms with van der Waals surface area (Å²) in [5.41, 5.74) is -0.724. The average Bonchev–Trinajstić information content (AvgIpc) is 3.36. The molecule has 1 aliphatic heterocycles. The van der Waals surface area contributed by atoms with Crippen LogP contribution in [0.5, 0.6) is 0 Å². The van der Waals surface area contributed by atoms with E-state index in [-0.39, 0.29) is 29.7 Å². The van der Waals surface area contributed by atoms with Crippen molar-refractivity contribution in [1.82, 2.24) is 34.8 Å². The van der Waals surface area contributed by atoms with Gasteiger partial charge in [-0.05, 0) is 56.4 Å². The molecule has 286 valence electrons. The molecule has 9 rings (SSSR count). The number of thiazole rings is 1. The zero-order valence-electron chi connectivity index (χ0n) is 29.3. The van der Waals surface area contributed by atoms with E-state index in [0.717, 1.165) is 23.2 Å². The fourth-order valence-electron chi connectivity index (χ4n) is 8.27. The molecule has 2 N–H and O–H groups in total. The fraction of sp³-hybridized carbons (Fsp3) is 0.378. The van der Waals surface area contributed by atoms with Crippen LogP contribution >= 0.6 is 11.3 Å². The Hall–Kier alpha value is -5.10. The summed E-state index contributed by atoms with van der Waals surface area (Å²) >= 11 is 1.33. The lowest BCUT2D eigenvalue weighted by molar-refractivity contribution is -0.142. The van der Waals surface area contributed by atoms with Gasteiger partial charge in [0.2, 0.25) is 5.91 Å². The molecule has 1 amide bonds. The van der Waals surface area contributed by atoms with E-state index >= 15 is 8.78 Å². The van der Waals surface area contributed by atoms with E-state index in [1.54, 1.807) is 18.7 Å². The van der Waals surface area contributed by atoms with Crippen LogP contribution < -0.4 is 10.2 Å². The third kappa shape index (κ3) is 5.91. The topological polar surface area (TPSA) is 114 Å². The van der Waals surface area contributed by atoms with E-state index in [1.807, 2.05) is 36.1 Å². The summed E-state index contributed by atoms with van der Waals surface area (Å²) in [6.07, 6.45) is -5.40. The summed E-state index contributed by atoms with van der Waals surface area (Å²) in [6, 6.07) is 8.97. The number of para-hydroxylation sites is 1. The van der Waals surface area contributed by atoms with E-state index in [2.05, 4.69) is 15.5 Å². The maximum atomic E-state index is 15.4. The number of aromatic nitrogens is 6. The molecular weight excluding hydrogens is 754 g/mol. The second-order valence-corrected chi connectivity index (χ2v) is 16.0. The van der Waals surface area contributed by atoms with Crippen LogP contribution in [0.15, 0.2) is 42.5 Å². The van der Waals surface area contributed by atoms with Crippen molar-refractivity contribution in [1.29, 1.82) is 0 Å². The van der Waals surface area contributed by atoms with Gasteiger partial charge >= 0.3 is 6.18 Å². The Labute approximate surface area is 311 Å². The van der Waals surface area contributed by atoms with Crippen LogP contribution in [0.4, 0.5) is 35.9 Å². The molecule has 0 spiro atoms. The van der Waals surface area contributed by atoms with E-state index < -0.39 is 76.6 Å². The molecule has 2 fully saturated rings. The molecule has 2 aromatic carbocycles. The van der Waals surface area contributed by atoms with Crippen molar-refractivity contribution in [2.24, 2.45) is 13.0 Å². The van der Waals surface area contributed by atoms with Gasteiger partial charge < -0.3 is 15.3 Å². The lowest BCUT2D eigenvalue weighted by Crippen LogP contribution is -2.60. The molecular formula is C37H31F7N8O2S. The molecule has 0 bridgehead atoms. The van der Waals surface area contributed by atoms with Crippen LogP contribution in [0.3, 0.4) is 0 Å². The molecule has 2 aliphatic carbocycles. The smallest absolute Gasteiger partial charge is 0.386 e. The predicted octanol–water partition coefficient (Wildman–Crippen LogP) is 6.93. The number of hydrogen-bond acceptors (Lipinski definition) is 8. The number of fused-ring (bicyclic) bond motifs is 5. The summed E-state index contributed by atoms with van der Waals surface area (Å²) in [4.78, 5) is 25.4. The van der Waals surface area contributed by atoms with Crippen molar-refractivity contribution in [3.05, 3.63) is 88.0 Å². The zero-order chi connectivity index (χ0) is 38.9. The SMILES string of the molecule is Cc1nn(C)c2c(-c3cc4sc(N5CC(C)(O)C5)nc4nc3[C@H](Cc3cc(F)cc(F)c3)NC(=O)Cn3nc(C(F)(F)F)c4c3C(F)(F)[C@@H]3C[C@H]43)cccc12. The first-order valence-corrected chi connectivity index (χ1v) is 18.2. The average molecular weight is 785 g/mol. The molecule has 3 aliphatic rings. The number of rotatable bonds is 8. The van der Waals surface area contributed by atoms with Crippen LogP contribution in [0, 0.1) is 24.5 Å². The number of nitrogens with zero attached hydrogens (tertiary/aromatic N) is 7. The van der Waals surface area contributed by atoms with Gasteiger partial charge in [-0.2, -0.15) is 37.1 Å². The normalized spacial score (nSPS) is 20.1. The Morgan fingerprint density at radius 3 is 2.49 bits per heavy atom. The van der Waals surface area contributed by atoms with Gasteiger partial charge in [-0.25, -0.2) is 13.8 Å². The first-order valence-electron chi connectivity index (χ1n) is 17.4. The number of aliphatic hydroxyl groups is 1. The Morgan fingerprint density at radius 2 is 1.80 bits per heavy atom. The van der Waals surface area contributed by atoms with Crippen LogP contribution in [-0.4, -0.2) is 59.2 Å².